The zero-order valence-corrected chi connectivity index (χ0v) is 24.8. The fourth-order valence-electron chi connectivity index (χ4n) is 5.48. The van der Waals surface area contributed by atoms with Crippen LogP contribution in [-0.4, -0.2) is 101 Å². The van der Waals surface area contributed by atoms with E-state index in [0.29, 0.717) is 35.6 Å². The van der Waals surface area contributed by atoms with Crippen LogP contribution in [0.25, 0.3) is 16.3 Å². The topological polar surface area (TPSA) is 128 Å². The molecule has 3 aromatic rings. The number of fused-ring (bicyclic) bond motifs is 1. The zero-order valence-electron chi connectivity index (χ0n) is 23.2. The normalized spacial score (nSPS) is 22.8. The third kappa shape index (κ3) is 5.15. The van der Waals surface area contributed by atoms with Gasteiger partial charge in [0.1, 0.15) is 4.90 Å². The molecule has 1 saturated carbocycles. The van der Waals surface area contributed by atoms with Crippen molar-refractivity contribution in [2.75, 3.05) is 38.1 Å². The van der Waals surface area contributed by atoms with Crippen LogP contribution in [0.1, 0.15) is 45.0 Å². The average Bonchev–Trinajstić information content (AvgIpc) is 3.25. The van der Waals surface area contributed by atoms with Gasteiger partial charge >= 0.3 is 6.03 Å². The molecule has 222 valence electrons. The standard InChI is InChI=1S/C25H33F2N9O3S2/c1-14-11-34(12-15(2)36(14)24(37)33(4)16-8-28-9-16)18-7-17(41(38,39)32-25(3)5-6-25)13-35-19(18)10-29-21(35)23-31-30-22(40-23)20(26)27/h7,10,13-16,20,28,32H,5-6,8-9,11-12H2,1-4H3/t14-,15-/m0/s1. The molecule has 0 unspecified atom stereocenters. The van der Waals surface area contributed by atoms with Gasteiger partial charge in [0.25, 0.3) is 6.43 Å². The molecule has 5 heterocycles. The number of anilines is 1. The molecular formula is C25H33F2N9O3S2. The molecular weight excluding hydrogens is 576 g/mol. The molecule has 41 heavy (non-hydrogen) atoms. The Balaban J connectivity index is 1.39. The van der Waals surface area contributed by atoms with Crippen LogP contribution in [0.3, 0.4) is 0 Å². The number of pyridine rings is 1. The maximum Gasteiger partial charge on any atom is 0.320 e. The van der Waals surface area contributed by atoms with Gasteiger partial charge in [0.2, 0.25) is 10.0 Å². The second-order valence-electron chi connectivity index (χ2n) is 11.5. The Morgan fingerprint density at radius 1 is 1.22 bits per heavy atom. The summed E-state index contributed by atoms with van der Waals surface area (Å²) in [5, 5.41) is 10.4. The van der Waals surface area contributed by atoms with Crippen molar-refractivity contribution in [1.29, 1.82) is 0 Å². The van der Waals surface area contributed by atoms with Gasteiger partial charge in [-0.15, -0.1) is 10.2 Å². The van der Waals surface area contributed by atoms with Crippen molar-refractivity contribution in [2.45, 2.75) is 68.6 Å². The van der Waals surface area contributed by atoms with Gasteiger partial charge in [-0.25, -0.2) is 31.7 Å². The minimum Gasteiger partial charge on any atom is -0.366 e. The summed E-state index contributed by atoms with van der Waals surface area (Å²) in [6, 6.07) is 1.44. The number of alkyl halides is 2. The molecule has 2 amide bonds. The summed E-state index contributed by atoms with van der Waals surface area (Å²) in [6.45, 7) is 8.29. The van der Waals surface area contributed by atoms with Crippen LogP contribution in [0.15, 0.2) is 23.4 Å². The van der Waals surface area contributed by atoms with Crippen molar-refractivity contribution in [1.82, 2.24) is 39.4 Å². The van der Waals surface area contributed by atoms with E-state index in [1.807, 2.05) is 32.7 Å². The molecule has 0 spiro atoms. The number of rotatable bonds is 7. The summed E-state index contributed by atoms with van der Waals surface area (Å²) in [5.41, 5.74) is 0.726. The van der Waals surface area contributed by atoms with Gasteiger partial charge in [-0.05, 0) is 39.7 Å². The molecule has 0 aromatic carbocycles. The van der Waals surface area contributed by atoms with Crippen LogP contribution < -0.4 is 14.9 Å². The number of halogens is 2. The molecule has 0 bridgehead atoms. The SMILES string of the molecule is C[C@H]1CN(c2cc(S(=O)(=O)NC3(C)CC3)cn3c(-c4nnc(C(F)F)s4)ncc23)C[C@H](C)N1C(=O)N(C)C1CNC1. The minimum absolute atomic E-state index is 0.0296. The van der Waals surface area contributed by atoms with Gasteiger partial charge in [0.15, 0.2) is 15.8 Å². The fraction of sp³-hybridized carbons (Fsp3) is 0.600. The van der Waals surface area contributed by atoms with Crippen molar-refractivity contribution in [2.24, 2.45) is 0 Å². The molecule has 2 atom stereocenters. The quantitative estimate of drug-likeness (QED) is 0.419. The Kier molecular flexibility index (Phi) is 6.94. The maximum atomic E-state index is 13.5. The average molecular weight is 610 g/mol. The van der Waals surface area contributed by atoms with Crippen LogP contribution in [0, 0.1) is 0 Å². The first kappa shape index (κ1) is 28.2. The van der Waals surface area contributed by atoms with Crippen molar-refractivity contribution in [3.8, 4) is 10.8 Å². The highest BCUT2D eigenvalue weighted by Crippen LogP contribution is 2.38. The molecule has 3 fully saturated rings. The number of imidazole rings is 1. The smallest absolute Gasteiger partial charge is 0.320 e. The summed E-state index contributed by atoms with van der Waals surface area (Å²) in [7, 11) is -2.09. The van der Waals surface area contributed by atoms with Gasteiger partial charge in [-0.3, -0.25) is 4.40 Å². The molecule has 12 nitrogen and oxygen atoms in total. The number of urea groups is 1. The number of carbonyl (C=O) groups is 1. The summed E-state index contributed by atoms with van der Waals surface area (Å²) in [6.07, 6.45) is 1.76. The number of carbonyl (C=O) groups excluding carboxylic acids is 1. The Morgan fingerprint density at radius 2 is 1.90 bits per heavy atom. The first-order valence-corrected chi connectivity index (χ1v) is 15.8. The predicted octanol–water partition coefficient (Wildman–Crippen LogP) is 2.54. The van der Waals surface area contributed by atoms with Gasteiger partial charge in [0.05, 0.1) is 23.4 Å². The molecule has 16 heteroatoms. The summed E-state index contributed by atoms with van der Waals surface area (Å²) in [5.74, 6) is 0.228. The lowest BCUT2D eigenvalue weighted by Crippen LogP contribution is -2.65. The third-order valence-electron chi connectivity index (χ3n) is 8.19. The van der Waals surface area contributed by atoms with Crippen LogP contribution in [-0.2, 0) is 10.0 Å². The van der Waals surface area contributed by atoms with E-state index >= 15 is 0 Å². The molecule has 2 saturated heterocycles. The van der Waals surface area contributed by atoms with Crippen LogP contribution >= 0.6 is 11.3 Å². The lowest BCUT2D eigenvalue weighted by molar-refractivity contribution is 0.0925. The summed E-state index contributed by atoms with van der Waals surface area (Å²) in [4.78, 5) is 23.6. The highest BCUT2D eigenvalue weighted by molar-refractivity contribution is 7.89. The van der Waals surface area contributed by atoms with Crippen molar-refractivity contribution < 1.29 is 22.0 Å². The number of sulfonamides is 1. The number of likely N-dealkylation sites (N-methyl/N-ethyl adjacent to an activating group) is 1. The van der Waals surface area contributed by atoms with Crippen molar-refractivity contribution in [3.05, 3.63) is 23.5 Å². The van der Waals surface area contributed by atoms with Crippen molar-refractivity contribution in [3.63, 3.8) is 0 Å². The monoisotopic (exact) mass is 609 g/mol. The number of amides is 2. The maximum absolute atomic E-state index is 13.5. The highest BCUT2D eigenvalue weighted by atomic mass is 32.2. The Morgan fingerprint density at radius 3 is 2.46 bits per heavy atom. The van der Waals surface area contributed by atoms with Crippen LogP contribution in [0.2, 0.25) is 0 Å². The second kappa shape index (κ2) is 10.1. The van der Waals surface area contributed by atoms with Gasteiger partial charge in [-0.2, -0.15) is 0 Å². The second-order valence-corrected chi connectivity index (χ2v) is 14.2. The number of aromatic nitrogens is 4. The van der Waals surface area contributed by atoms with Crippen LogP contribution in [0.5, 0.6) is 0 Å². The number of piperazine rings is 1. The lowest BCUT2D eigenvalue weighted by Gasteiger charge is -2.48. The third-order valence-corrected chi connectivity index (χ3v) is 10.7. The van der Waals surface area contributed by atoms with Crippen LogP contribution in [0.4, 0.5) is 19.3 Å². The number of nitrogens with one attached hydrogen (secondary N) is 2. The van der Waals surface area contributed by atoms with E-state index in [1.165, 1.54) is 6.20 Å². The van der Waals surface area contributed by atoms with E-state index in [-0.39, 0.29) is 39.9 Å². The van der Waals surface area contributed by atoms with E-state index in [9.17, 15) is 22.0 Å². The fourth-order valence-corrected chi connectivity index (χ4v) is 7.66. The van der Waals surface area contributed by atoms with Gasteiger partial charge in [-0.1, -0.05) is 11.3 Å². The lowest BCUT2D eigenvalue weighted by atomic mass is 10.1. The minimum atomic E-state index is -3.92. The van der Waals surface area contributed by atoms with Crippen molar-refractivity contribution >= 4 is 38.6 Å². The Labute approximate surface area is 240 Å². The van der Waals surface area contributed by atoms with E-state index in [1.54, 1.807) is 21.6 Å². The molecule has 2 N–H and O–H groups in total. The summed E-state index contributed by atoms with van der Waals surface area (Å²) < 4.78 is 57.9. The first-order chi connectivity index (χ1) is 19.4. The van der Waals surface area contributed by atoms with Gasteiger partial charge < -0.3 is 20.0 Å². The molecule has 0 radical (unpaired) electrons. The van der Waals surface area contributed by atoms with Gasteiger partial charge in [0, 0.05) is 57.0 Å². The van der Waals surface area contributed by atoms with E-state index < -0.39 is 27.0 Å². The Hall–Kier alpha value is -2.95. The van der Waals surface area contributed by atoms with E-state index in [2.05, 4.69) is 30.1 Å². The Bertz CT molecular complexity index is 1570. The number of hydrogen-bond donors (Lipinski definition) is 2. The molecule has 6 rings (SSSR count). The summed E-state index contributed by atoms with van der Waals surface area (Å²) >= 11 is 0.717. The zero-order chi connectivity index (χ0) is 29.3. The predicted molar refractivity (Wildman–Crippen MR) is 150 cm³/mol. The first-order valence-electron chi connectivity index (χ1n) is 13.5. The molecule has 1 aliphatic carbocycles. The number of hydrogen-bond acceptors (Lipinski definition) is 9. The van der Waals surface area contributed by atoms with E-state index in [0.717, 1.165) is 25.9 Å². The van der Waals surface area contributed by atoms with E-state index in [4.69, 9.17) is 0 Å². The highest BCUT2D eigenvalue weighted by Gasteiger charge is 2.42. The molecule has 3 aromatic heterocycles. The largest absolute Gasteiger partial charge is 0.366 e. The molecule has 3 aliphatic rings. The number of nitrogens with zero attached hydrogens (tertiary/aromatic N) is 7. The molecule has 2 aliphatic heterocycles.